The molecule has 9 heteroatoms. The number of alkyl halides is 1. The van der Waals surface area contributed by atoms with E-state index in [1.807, 2.05) is 18.2 Å². The van der Waals surface area contributed by atoms with E-state index in [2.05, 4.69) is 15.3 Å². The van der Waals surface area contributed by atoms with Gasteiger partial charge in [0.1, 0.15) is 23.5 Å². The third-order valence-corrected chi connectivity index (χ3v) is 6.03. The number of hydrogen-bond donors (Lipinski definition) is 2. The van der Waals surface area contributed by atoms with Crippen molar-refractivity contribution in [3.8, 4) is 0 Å². The van der Waals surface area contributed by atoms with E-state index in [4.69, 9.17) is 23.2 Å². The molecule has 0 aliphatic heterocycles. The van der Waals surface area contributed by atoms with E-state index in [0.29, 0.717) is 28.7 Å². The van der Waals surface area contributed by atoms with Gasteiger partial charge < -0.3 is 15.0 Å². The van der Waals surface area contributed by atoms with Crippen molar-refractivity contribution in [2.24, 2.45) is 5.92 Å². The topological polar surface area (TPSA) is 80.0 Å². The van der Waals surface area contributed by atoms with Crippen molar-refractivity contribution < 1.29 is 14.3 Å². The fourth-order valence-electron chi connectivity index (χ4n) is 3.88. The minimum Gasteiger partial charge on any atom is -0.396 e. The van der Waals surface area contributed by atoms with Crippen LogP contribution in [-0.2, 0) is 6.54 Å². The Balaban J connectivity index is 1.55. The molecule has 0 amide bonds. The molecular formula is C22H21Cl2FN4O2. The van der Waals surface area contributed by atoms with Crippen LogP contribution in [0, 0.1) is 5.92 Å². The molecule has 0 spiro atoms. The Labute approximate surface area is 189 Å². The number of anilines is 1. The van der Waals surface area contributed by atoms with Crippen molar-refractivity contribution >= 4 is 34.8 Å². The molecule has 3 atom stereocenters. The first-order chi connectivity index (χ1) is 14.9. The fourth-order valence-corrected chi connectivity index (χ4v) is 4.32. The van der Waals surface area contributed by atoms with Crippen LogP contribution in [0.2, 0.25) is 10.2 Å². The zero-order valence-corrected chi connectivity index (χ0v) is 18.0. The molecule has 31 heavy (non-hydrogen) atoms. The third kappa shape index (κ3) is 4.89. The van der Waals surface area contributed by atoms with Gasteiger partial charge in [0, 0.05) is 36.1 Å². The molecule has 4 rings (SSSR count). The number of nitrogens with one attached hydrogen (secondary N) is 1. The van der Waals surface area contributed by atoms with Crippen molar-refractivity contribution in [2.45, 2.75) is 31.6 Å². The largest absolute Gasteiger partial charge is 0.396 e. The highest BCUT2D eigenvalue weighted by atomic mass is 35.5. The van der Waals surface area contributed by atoms with Gasteiger partial charge in [-0.05, 0) is 42.5 Å². The van der Waals surface area contributed by atoms with E-state index in [9.17, 15) is 14.3 Å². The number of hydrogen-bond acceptors (Lipinski definition) is 5. The van der Waals surface area contributed by atoms with Crippen LogP contribution in [0.5, 0.6) is 0 Å². The van der Waals surface area contributed by atoms with Crippen LogP contribution in [-0.4, -0.2) is 44.2 Å². The molecule has 0 radical (unpaired) electrons. The summed E-state index contributed by atoms with van der Waals surface area (Å²) in [7, 11) is 0. The smallest absolute Gasteiger partial charge is 0.199 e. The summed E-state index contributed by atoms with van der Waals surface area (Å²) in [5, 5.41) is 13.4. The predicted molar refractivity (Wildman–Crippen MR) is 118 cm³/mol. The van der Waals surface area contributed by atoms with Crippen molar-refractivity contribution in [3.05, 3.63) is 75.9 Å². The van der Waals surface area contributed by atoms with E-state index < -0.39 is 12.2 Å². The Morgan fingerprint density at radius 3 is 2.87 bits per heavy atom. The standard InChI is InChI=1S/C22H21Cl2FN4O2/c23-16-3-1-2-13(4-16)9-29-10-15(7-20(29)24)21(31)17-8-26-12-27-22(17)28-19-6-14(11-30)5-18(19)25/h1-4,7-8,10,12,14,18-19,30H,5-6,9,11H2,(H,26,27,28). The Hall–Kier alpha value is -2.48. The molecule has 6 nitrogen and oxygen atoms in total. The zero-order chi connectivity index (χ0) is 22.0. The van der Waals surface area contributed by atoms with Gasteiger partial charge in [0.05, 0.1) is 11.6 Å². The number of rotatable bonds is 7. The zero-order valence-electron chi connectivity index (χ0n) is 16.5. The first-order valence-corrected chi connectivity index (χ1v) is 10.7. The summed E-state index contributed by atoms with van der Waals surface area (Å²) < 4.78 is 16.1. The minimum atomic E-state index is -1.12. The Kier molecular flexibility index (Phi) is 6.55. The molecule has 1 saturated carbocycles. The molecular weight excluding hydrogens is 442 g/mol. The second-order valence-corrected chi connectivity index (χ2v) is 8.53. The molecule has 3 aromatic rings. The van der Waals surface area contributed by atoms with Gasteiger partial charge in [-0.25, -0.2) is 14.4 Å². The van der Waals surface area contributed by atoms with E-state index in [-0.39, 0.29) is 36.1 Å². The molecule has 1 fully saturated rings. The lowest BCUT2D eigenvalue weighted by Gasteiger charge is -2.17. The van der Waals surface area contributed by atoms with E-state index in [1.54, 1.807) is 22.9 Å². The SMILES string of the molecule is O=C(c1cc(Cl)n(Cc2cccc(Cl)c2)c1)c1cncnc1NC1CC(CO)CC1F. The highest BCUT2D eigenvalue weighted by molar-refractivity contribution is 6.31. The van der Waals surface area contributed by atoms with Crippen molar-refractivity contribution in [1.82, 2.24) is 14.5 Å². The van der Waals surface area contributed by atoms with Gasteiger partial charge in [-0.2, -0.15) is 0 Å². The highest BCUT2D eigenvalue weighted by Gasteiger charge is 2.35. The van der Waals surface area contributed by atoms with Gasteiger partial charge in [0.15, 0.2) is 5.78 Å². The number of aliphatic hydroxyl groups is 1. The molecule has 2 aromatic heterocycles. The molecule has 2 heterocycles. The molecule has 3 unspecified atom stereocenters. The number of ketones is 1. The van der Waals surface area contributed by atoms with Crippen LogP contribution < -0.4 is 5.32 Å². The average Bonchev–Trinajstić information content (AvgIpc) is 3.30. The van der Waals surface area contributed by atoms with Gasteiger partial charge in [-0.1, -0.05) is 35.3 Å². The van der Waals surface area contributed by atoms with Crippen LogP contribution >= 0.6 is 23.2 Å². The molecule has 1 aliphatic carbocycles. The Morgan fingerprint density at radius 1 is 1.29 bits per heavy atom. The first-order valence-electron chi connectivity index (χ1n) is 9.91. The van der Waals surface area contributed by atoms with E-state index in [1.165, 1.54) is 12.5 Å². The normalized spacial score (nSPS) is 20.7. The van der Waals surface area contributed by atoms with Crippen molar-refractivity contribution in [1.29, 1.82) is 0 Å². The summed E-state index contributed by atoms with van der Waals surface area (Å²) in [6.45, 7) is 0.393. The maximum atomic E-state index is 14.3. The minimum absolute atomic E-state index is 0.0627. The summed E-state index contributed by atoms with van der Waals surface area (Å²) in [4.78, 5) is 21.3. The molecule has 2 N–H and O–H groups in total. The maximum Gasteiger partial charge on any atom is 0.199 e. The van der Waals surface area contributed by atoms with Gasteiger partial charge in [-0.3, -0.25) is 4.79 Å². The second kappa shape index (κ2) is 9.34. The van der Waals surface area contributed by atoms with Crippen LogP contribution in [0.15, 0.2) is 49.1 Å². The summed E-state index contributed by atoms with van der Waals surface area (Å²) in [6.07, 6.45) is 4.01. The second-order valence-electron chi connectivity index (χ2n) is 7.71. The molecule has 0 saturated heterocycles. The highest BCUT2D eigenvalue weighted by Crippen LogP contribution is 2.31. The molecule has 162 valence electrons. The average molecular weight is 463 g/mol. The van der Waals surface area contributed by atoms with Crippen molar-refractivity contribution in [3.63, 3.8) is 0 Å². The van der Waals surface area contributed by atoms with Gasteiger partial charge >= 0.3 is 0 Å². The fraction of sp³-hybridized carbons (Fsp3) is 0.318. The lowest BCUT2D eigenvalue weighted by molar-refractivity contribution is 0.103. The monoisotopic (exact) mass is 462 g/mol. The predicted octanol–water partition coefficient (Wildman–Crippen LogP) is 4.39. The van der Waals surface area contributed by atoms with E-state index in [0.717, 1.165) is 5.56 Å². The van der Waals surface area contributed by atoms with Crippen molar-refractivity contribution in [2.75, 3.05) is 11.9 Å². The number of halogens is 3. The van der Waals surface area contributed by atoms with Gasteiger partial charge in [-0.15, -0.1) is 0 Å². The lowest BCUT2D eigenvalue weighted by atomic mass is 10.1. The maximum absolute atomic E-state index is 14.3. The van der Waals surface area contributed by atoms with Crippen LogP contribution in [0.25, 0.3) is 0 Å². The van der Waals surface area contributed by atoms with Crippen LogP contribution in [0.1, 0.15) is 34.3 Å². The van der Waals surface area contributed by atoms with Crippen LogP contribution in [0.3, 0.4) is 0 Å². The number of nitrogens with zero attached hydrogens (tertiary/aromatic N) is 3. The summed E-state index contributed by atoms with van der Waals surface area (Å²) in [5.41, 5.74) is 1.56. The van der Waals surface area contributed by atoms with Gasteiger partial charge in [0.2, 0.25) is 0 Å². The number of carbonyl (C=O) groups excluding carboxylic acids is 1. The lowest BCUT2D eigenvalue weighted by Crippen LogP contribution is -2.27. The van der Waals surface area contributed by atoms with E-state index >= 15 is 0 Å². The number of aliphatic hydroxyl groups excluding tert-OH is 1. The Bertz CT molecular complexity index is 1090. The quantitative estimate of drug-likeness (QED) is 0.509. The molecule has 0 bridgehead atoms. The Morgan fingerprint density at radius 2 is 2.13 bits per heavy atom. The number of benzene rings is 1. The summed E-state index contributed by atoms with van der Waals surface area (Å²) in [6, 6.07) is 8.46. The molecule has 1 aromatic carbocycles. The first kappa shape index (κ1) is 21.7. The number of carbonyl (C=O) groups is 1. The van der Waals surface area contributed by atoms with Crippen LogP contribution in [0.4, 0.5) is 10.2 Å². The van der Waals surface area contributed by atoms with Gasteiger partial charge in [0.25, 0.3) is 0 Å². The number of aromatic nitrogens is 3. The molecule has 1 aliphatic rings. The summed E-state index contributed by atoms with van der Waals surface area (Å²) >= 11 is 12.4. The third-order valence-electron chi connectivity index (χ3n) is 5.47. The summed E-state index contributed by atoms with van der Waals surface area (Å²) in [5.74, 6) is -0.153.